The summed E-state index contributed by atoms with van der Waals surface area (Å²) in [5.74, 6) is 0.467. The van der Waals surface area contributed by atoms with E-state index >= 15 is 0 Å². The van der Waals surface area contributed by atoms with Crippen molar-refractivity contribution >= 4 is 5.69 Å². The number of rotatable bonds is 4. The normalized spacial score (nSPS) is 16.8. The fraction of sp³-hybridized carbons (Fsp3) is 0.455. The Labute approximate surface area is 88.6 Å². The van der Waals surface area contributed by atoms with Crippen LogP contribution in [0.3, 0.4) is 0 Å². The fourth-order valence-corrected chi connectivity index (χ4v) is 1.47. The standard InChI is InChI=1S/C11H13N3O/c12-6-10-5-9(3-4-13-10)14-7-11(15)8-1-2-8/h3-5,8,11,15H,1-2,7H2,(H,13,14). The molecule has 1 unspecified atom stereocenters. The summed E-state index contributed by atoms with van der Waals surface area (Å²) in [6.45, 7) is 0.541. The number of nitriles is 1. The Hall–Kier alpha value is -1.60. The SMILES string of the molecule is N#Cc1cc(NCC(O)C2CC2)ccn1. The topological polar surface area (TPSA) is 68.9 Å². The molecule has 1 atom stereocenters. The highest BCUT2D eigenvalue weighted by atomic mass is 16.3. The lowest BCUT2D eigenvalue weighted by atomic mass is 10.2. The predicted molar refractivity (Wildman–Crippen MR) is 56.2 cm³/mol. The number of nitrogens with one attached hydrogen (secondary N) is 1. The number of aliphatic hydroxyl groups is 1. The van der Waals surface area contributed by atoms with E-state index in [2.05, 4.69) is 10.3 Å². The van der Waals surface area contributed by atoms with Crippen LogP contribution in [0, 0.1) is 17.2 Å². The second kappa shape index (κ2) is 4.28. The number of aliphatic hydroxyl groups excluding tert-OH is 1. The number of anilines is 1. The number of hydrogen-bond acceptors (Lipinski definition) is 4. The Morgan fingerprint density at radius 2 is 2.47 bits per heavy atom. The Morgan fingerprint density at radius 3 is 3.13 bits per heavy atom. The van der Waals surface area contributed by atoms with Crippen molar-refractivity contribution < 1.29 is 5.11 Å². The zero-order valence-corrected chi connectivity index (χ0v) is 8.35. The molecule has 0 radical (unpaired) electrons. The molecule has 0 spiro atoms. The van der Waals surface area contributed by atoms with Crippen molar-refractivity contribution in [2.45, 2.75) is 18.9 Å². The molecule has 78 valence electrons. The molecule has 0 amide bonds. The first-order chi connectivity index (χ1) is 7.29. The van der Waals surface area contributed by atoms with Gasteiger partial charge in [0.05, 0.1) is 6.10 Å². The van der Waals surface area contributed by atoms with Gasteiger partial charge in [0.25, 0.3) is 0 Å². The van der Waals surface area contributed by atoms with E-state index in [-0.39, 0.29) is 6.10 Å². The van der Waals surface area contributed by atoms with Gasteiger partial charge < -0.3 is 10.4 Å². The molecular weight excluding hydrogens is 190 g/mol. The zero-order chi connectivity index (χ0) is 10.7. The minimum Gasteiger partial charge on any atom is -0.391 e. The number of hydrogen-bond donors (Lipinski definition) is 2. The van der Waals surface area contributed by atoms with E-state index < -0.39 is 0 Å². The average molecular weight is 203 g/mol. The first-order valence-corrected chi connectivity index (χ1v) is 5.07. The maximum absolute atomic E-state index is 9.63. The molecular formula is C11H13N3O. The van der Waals surface area contributed by atoms with E-state index in [1.165, 1.54) is 0 Å². The molecule has 1 aliphatic carbocycles. The van der Waals surface area contributed by atoms with E-state index in [4.69, 9.17) is 5.26 Å². The van der Waals surface area contributed by atoms with Gasteiger partial charge in [0, 0.05) is 18.4 Å². The first kappa shape index (κ1) is 9.94. The minimum atomic E-state index is -0.274. The molecule has 4 nitrogen and oxygen atoms in total. The van der Waals surface area contributed by atoms with E-state index in [0.29, 0.717) is 18.2 Å². The lowest BCUT2D eigenvalue weighted by molar-refractivity contribution is 0.164. The molecule has 0 aromatic carbocycles. The van der Waals surface area contributed by atoms with Crippen LogP contribution in [0.4, 0.5) is 5.69 Å². The van der Waals surface area contributed by atoms with Gasteiger partial charge in [-0.1, -0.05) is 0 Å². The summed E-state index contributed by atoms with van der Waals surface area (Å²) in [5, 5.41) is 21.4. The van der Waals surface area contributed by atoms with Gasteiger partial charge >= 0.3 is 0 Å². The van der Waals surface area contributed by atoms with Crippen LogP contribution in [0.2, 0.25) is 0 Å². The molecule has 0 aliphatic heterocycles. The second-order valence-corrected chi connectivity index (χ2v) is 3.83. The van der Waals surface area contributed by atoms with Gasteiger partial charge in [0.2, 0.25) is 0 Å². The van der Waals surface area contributed by atoms with Crippen molar-refractivity contribution in [3.8, 4) is 6.07 Å². The van der Waals surface area contributed by atoms with Gasteiger partial charge in [-0.25, -0.2) is 4.98 Å². The summed E-state index contributed by atoms with van der Waals surface area (Å²) < 4.78 is 0. The van der Waals surface area contributed by atoms with Gasteiger partial charge in [0.15, 0.2) is 0 Å². The van der Waals surface area contributed by atoms with Crippen molar-refractivity contribution in [2.75, 3.05) is 11.9 Å². The van der Waals surface area contributed by atoms with Crippen molar-refractivity contribution in [3.05, 3.63) is 24.0 Å². The highest BCUT2D eigenvalue weighted by molar-refractivity contribution is 5.45. The second-order valence-electron chi connectivity index (χ2n) is 3.83. The lowest BCUT2D eigenvalue weighted by Crippen LogP contribution is -2.21. The zero-order valence-electron chi connectivity index (χ0n) is 8.35. The third-order valence-corrected chi connectivity index (χ3v) is 2.56. The van der Waals surface area contributed by atoms with E-state index in [0.717, 1.165) is 18.5 Å². The van der Waals surface area contributed by atoms with Crippen molar-refractivity contribution in [2.24, 2.45) is 5.92 Å². The predicted octanol–water partition coefficient (Wildman–Crippen LogP) is 1.14. The first-order valence-electron chi connectivity index (χ1n) is 5.07. The molecule has 1 saturated carbocycles. The van der Waals surface area contributed by atoms with E-state index in [1.807, 2.05) is 6.07 Å². The van der Waals surface area contributed by atoms with Gasteiger partial charge in [-0.05, 0) is 30.9 Å². The third-order valence-electron chi connectivity index (χ3n) is 2.56. The fourth-order valence-electron chi connectivity index (χ4n) is 1.47. The summed E-state index contributed by atoms with van der Waals surface area (Å²) in [5.41, 5.74) is 1.22. The third kappa shape index (κ3) is 2.67. The van der Waals surface area contributed by atoms with Crippen molar-refractivity contribution in [3.63, 3.8) is 0 Å². The largest absolute Gasteiger partial charge is 0.391 e. The van der Waals surface area contributed by atoms with Crippen molar-refractivity contribution in [1.82, 2.24) is 4.98 Å². The lowest BCUT2D eigenvalue weighted by Gasteiger charge is -2.11. The molecule has 15 heavy (non-hydrogen) atoms. The molecule has 1 fully saturated rings. The van der Waals surface area contributed by atoms with Crippen LogP contribution in [0.1, 0.15) is 18.5 Å². The van der Waals surface area contributed by atoms with E-state index in [1.54, 1.807) is 18.3 Å². The van der Waals surface area contributed by atoms with Gasteiger partial charge in [-0.2, -0.15) is 5.26 Å². The highest BCUT2D eigenvalue weighted by Gasteiger charge is 2.29. The number of nitrogens with zero attached hydrogens (tertiary/aromatic N) is 2. The summed E-state index contributed by atoms with van der Waals surface area (Å²) in [6, 6.07) is 5.45. The monoisotopic (exact) mass is 203 g/mol. The maximum atomic E-state index is 9.63. The maximum Gasteiger partial charge on any atom is 0.142 e. The van der Waals surface area contributed by atoms with Crippen LogP contribution in [-0.4, -0.2) is 22.7 Å². The molecule has 2 rings (SSSR count). The van der Waals surface area contributed by atoms with Crippen LogP contribution in [-0.2, 0) is 0 Å². The molecule has 2 N–H and O–H groups in total. The van der Waals surface area contributed by atoms with Gasteiger partial charge in [-0.15, -0.1) is 0 Å². The van der Waals surface area contributed by atoms with Crippen LogP contribution in [0.25, 0.3) is 0 Å². The summed E-state index contributed by atoms with van der Waals surface area (Å²) in [4.78, 5) is 3.87. The van der Waals surface area contributed by atoms with Gasteiger partial charge in [-0.3, -0.25) is 0 Å². The van der Waals surface area contributed by atoms with Crippen LogP contribution in [0.15, 0.2) is 18.3 Å². The molecule has 0 saturated heterocycles. The summed E-state index contributed by atoms with van der Waals surface area (Å²) in [6.07, 6.45) is 3.57. The van der Waals surface area contributed by atoms with E-state index in [9.17, 15) is 5.11 Å². The molecule has 1 aliphatic rings. The smallest absolute Gasteiger partial charge is 0.142 e. The number of pyridine rings is 1. The molecule has 4 heteroatoms. The number of aromatic nitrogens is 1. The van der Waals surface area contributed by atoms with Crippen LogP contribution in [0.5, 0.6) is 0 Å². The average Bonchev–Trinajstić information content (AvgIpc) is 3.10. The van der Waals surface area contributed by atoms with Crippen molar-refractivity contribution in [1.29, 1.82) is 5.26 Å². The Balaban J connectivity index is 1.89. The Morgan fingerprint density at radius 1 is 1.67 bits per heavy atom. The quantitative estimate of drug-likeness (QED) is 0.769. The van der Waals surface area contributed by atoms with Crippen LogP contribution < -0.4 is 5.32 Å². The Bertz CT molecular complexity index is 382. The van der Waals surface area contributed by atoms with Crippen LogP contribution >= 0.6 is 0 Å². The molecule has 1 aromatic heterocycles. The molecule has 1 aromatic rings. The molecule has 1 heterocycles. The minimum absolute atomic E-state index is 0.274. The highest BCUT2D eigenvalue weighted by Crippen LogP contribution is 2.32. The summed E-state index contributed by atoms with van der Waals surface area (Å²) in [7, 11) is 0. The summed E-state index contributed by atoms with van der Waals surface area (Å²) >= 11 is 0. The van der Waals surface area contributed by atoms with Gasteiger partial charge in [0.1, 0.15) is 11.8 Å². The Kier molecular flexibility index (Phi) is 2.84. The molecule has 0 bridgehead atoms.